The summed E-state index contributed by atoms with van der Waals surface area (Å²) in [5.74, 6) is 0.292. The number of hydrogen-bond donors (Lipinski definition) is 2. The summed E-state index contributed by atoms with van der Waals surface area (Å²) in [6.45, 7) is 3.98. The quantitative estimate of drug-likeness (QED) is 0.476. The molecule has 36 heavy (non-hydrogen) atoms. The Morgan fingerprint density at radius 3 is 2.33 bits per heavy atom. The molecule has 1 heterocycles. The van der Waals surface area contributed by atoms with E-state index in [0.29, 0.717) is 11.5 Å². The van der Waals surface area contributed by atoms with Gasteiger partial charge in [0.15, 0.2) is 0 Å². The summed E-state index contributed by atoms with van der Waals surface area (Å²) >= 11 is 0. The molecule has 7 nitrogen and oxygen atoms in total. The number of benzene rings is 3. The second-order valence-corrected chi connectivity index (χ2v) is 9.17. The molecule has 2 N–H and O–H groups in total. The van der Waals surface area contributed by atoms with Gasteiger partial charge in [-0.2, -0.15) is 0 Å². The van der Waals surface area contributed by atoms with Crippen LogP contribution < -0.4 is 19.7 Å². The first-order valence-electron chi connectivity index (χ1n) is 12.0. The molecular formula is C29H32N2O5. The molecule has 3 aromatic rings. The van der Waals surface area contributed by atoms with Crippen LogP contribution in [0.25, 0.3) is 11.1 Å². The maximum absolute atomic E-state index is 13.3. The van der Waals surface area contributed by atoms with Crippen LogP contribution in [-0.2, 0) is 17.6 Å². The number of rotatable bonds is 7. The minimum absolute atomic E-state index is 0.0242. The van der Waals surface area contributed by atoms with Crippen molar-refractivity contribution >= 4 is 17.7 Å². The zero-order valence-corrected chi connectivity index (χ0v) is 21.1. The number of nitrogens with zero attached hydrogens (tertiary/aromatic N) is 1. The molecule has 1 aliphatic rings. The number of carbonyl (C=O) groups excluding carboxylic acids is 1. The molecule has 1 unspecified atom stereocenters. The summed E-state index contributed by atoms with van der Waals surface area (Å²) in [6.07, 6.45) is 1.88. The van der Waals surface area contributed by atoms with E-state index in [-0.39, 0.29) is 12.5 Å². The van der Waals surface area contributed by atoms with Gasteiger partial charge in [0.1, 0.15) is 17.5 Å². The predicted molar refractivity (Wildman–Crippen MR) is 140 cm³/mol. The molecule has 1 aliphatic heterocycles. The normalized spacial score (nSPS) is 15.6. The number of aliphatic carboxylic acids is 1. The molecule has 0 saturated carbocycles. The second-order valence-electron chi connectivity index (χ2n) is 9.17. The molecule has 2 atom stereocenters. The van der Waals surface area contributed by atoms with Crippen LogP contribution in [0.2, 0.25) is 0 Å². The number of fused-ring (bicyclic) bond motifs is 1. The minimum Gasteiger partial charge on any atom is -0.496 e. The molecule has 0 spiro atoms. The van der Waals surface area contributed by atoms with Gasteiger partial charge in [0.25, 0.3) is 0 Å². The fraction of sp³-hybridized carbons (Fsp3) is 0.310. The average molecular weight is 489 g/mol. The molecule has 0 radical (unpaired) electrons. The Morgan fingerprint density at radius 2 is 1.72 bits per heavy atom. The summed E-state index contributed by atoms with van der Waals surface area (Å²) in [5, 5.41) is 12.6. The lowest BCUT2D eigenvalue weighted by molar-refractivity contribution is -0.139. The zero-order chi connectivity index (χ0) is 25.8. The Balaban J connectivity index is 1.53. The van der Waals surface area contributed by atoms with Crippen LogP contribution in [0.1, 0.15) is 30.0 Å². The van der Waals surface area contributed by atoms with Crippen molar-refractivity contribution in [1.82, 2.24) is 5.32 Å². The van der Waals surface area contributed by atoms with Crippen molar-refractivity contribution in [1.29, 1.82) is 0 Å². The number of amides is 2. The van der Waals surface area contributed by atoms with Crippen LogP contribution in [0, 0.1) is 6.92 Å². The van der Waals surface area contributed by atoms with E-state index in [2.05, 4.69) is 5.32 Å². The molecule has 7 heteroatoms. The molecule has 2 amide bonds. The maximum Gasteiger partial charge on any atom is 0.326 e. The van der Waals surface area contributed by atoms with Crippen molar-refractivity contribution < 1.29 is 24.2 Å². The number of nitrogens with one attached hydrogen (secondary N) is 1. The Morgan fingerprint density at radius 1 is 1.06 bits per heavy atom. The van der Waals surface area contributed by atoms with Gasteiger partial charge in [-0.1, -0.05) is 42.5 Å². The molecule has 4 rings (SSSR count). The molecule has 0 aliphatic carbocycles. The van der Waals surface area contributed by atoms with E-state index < -0.39 is 18.0 Å². The summed E-state index contributed by atoms with van der Waals surface area (Å²) in [4.78, 5) is 27.1. The van der Waals surface area contributed by atoms with Crippen molar-refractivity contribution in [3.05, 3.63) is 77.4 Å². The Bertz CT molecular complexity index is 1230. The van der Waals surface area contributed by atoms with Gasteiger partial charge < -0.3 is 19.9 Å². The Labute approximate surface area is 211 Å². The van der Waals surface area contributed by atoms with Gasteiger partial charge in [-0.15, -0.1) is 0 Å². The Hall–Kier alpha value is -4.00. The number of methoxy groups -OCH3 is 2. The lowest BCUT2D eigenvalue weighted by Crippen LogP contribution is -2.53. The van der Waals surface area contributed by atoms with Crippen LogP contribution in [-0.4, -0.2) is 43.4 Å². The van der Waals surface area contributed by atoms with E-state index in [4.69, 9.17) is 9.47 Å². The van der Waals surface area contributed by atoms with Gasteiger partial charge in [-0.05, 0) is 67.1 Å². The smallest absolute Gasteiger partial charge is 0.326 e. The van der Waals surface area contributed by atoms with Crippen molar-refractivity contribution in [3.63, 3.8) is 0 Å². The van der Waals surface area contributed by atoms with E-state index in [1.807, 2.05) is 74.5 Å². The number of aryl methyl sites for hydroxylation is 2. The van der Waals surface area contributed by atoms with E-state index in [1.165, 1.54) is 0 Å². The van der Waals surface area contributed by atoms with Gasteiger partial charge in [0, 0.05) is 18.2 Å². The predicted octanol–water partition coefficient (Wildman–Crippen LogP) is 5.23. The maximum atomic E-state index is 13.3. The molecule has 3 aromatic carbocycles. The van der Waals surface area contributed by atoms with Crippen molar-refractivity contribution in [2.45, 2.75) is 45.2 Å². The summed E-state index contributed by atoms with van der Waals surface area (Å²) in [6, 6.07) is 17.7. The van der Waals surface area contributed by atoms with E-state index in [9.17, 15) is 14.7 Å². The van der Waals surface area contributed by atoms with Crippen molar-refractivity contribution in [2.75, 3.05) is 19.1 Å². The SMILES string of the molecule is COc1cccc(OC)c1-c1ccc(C[C@H](NC(=O)N2c3cc(C)ccc3CCC2C)C(=O)O)cc1. The Kier molecular flexibility index (Phi) is 7.48. The lowest BCUT2D eigenvalue weighted by Gasteiger charge is -2.36. The number of anilines is 1. The number of carboxylic acid groups (broad SMARTS) is 1. The summed E-state index contributed by atoms with van der Waals surface area (Å²) in [7, 11) is 3.21. The minimum atomic E-state index is -1.08. The highest BCUT2D eigenvalue weighted by Gasteiger charge is 2.31. The number of hydrogen-bond acceptors (Lipinski definition) is 4. The first-order chi connectivity index (χ1) is 17.3. The third kappa shape index (κ3) is 5.15. The first-order valence-corrected chi connectivity index (χ1v) is 12.0. The van der Waals surface area contributed by atoms with Crippen molar-refractivity contribution in [2.24, 2.45) is 0 Å². The fourth-order valence-corrected chi connectivity index (χ4v) is 4.75. The third-order valence-corrected chi connectivity index (χ3v) is 6.70. The molecular weight excluding hydrogens is 456 g/mol. The van der Waals surface area contributed by atoms with Gasteiger partial charge in [-0.3, -0.25) is 4.90 Å². The van der Waals surface area contributed by atoms with Crippen molar-refractivity contribution in [3.8, 4) is 22.6 Å². The number of ether oxygens (including phenoxy) is 2. The highest BCUT2D eigenvalue weighted by molar-refractivity contribution is 5.96. The van der Waals surface area contributed by atoms with Gasteiger partial charge in [-0.25, -0.2) is 9.59 Å². The number of urea groups is 1. The first kappa shape index (κ1) is 25.1. The molecule has 0 bridgehead atoms. The number of carbonyl (C=O) groups is 2. The lowest BCUT2D eigenvalue weighted by atomic mass is 9.95. The van der Waals surface area contributed by atoms with Crippen LogP contribution in [0.5, 0.6) is 11.5 Å². The number of carboxylic acids is 1. The summed E-state index contributed by atoms with van der Waals surface area (Å²) in [5.41, 5.74) is 5.52. The van der Waals surface area contributed by atoms with Crippen LogP contribution in [0.3, 0.4) is 0 Å². The largest absolute Gasteiger partial charge is 0.496 e. The third-order valence-electron chi connectivity index (χ3n) is 6.70. The van der Waals surface area contributed by atoms with Gasteiger partial charge in [0.2, 0.25) is 0 Å². The highest BCUT2D eigenvalue weighted by Crippen LogP contribution is 2.38. The second kappa shape index (κ2) is 10.7. The standard InChI is InChI=1S/C29H32N2O5/c1-18-8-12-21-13-9-19(2)31(24(21)16-18)29(34)30-23(28(32)33)17-20-10-14-22(15-11-20)27-25(35-3)6-5-7-26(27)36-4/h5-8,10-12,14-16,19,23H,9,13,17H2,1-4H3,(H,30,34)(H,32,33)/t19?,23-/m0/s1. The topological polar surface area (TPSA) is 88.1 Å². The highest BCUT2D eigenvalue weighted by atomic mass is 16.5. The summed E-state index contributed by atoms with van der Waals surface area (Å²) < 4.78 is 11.0. The van der Waals surface area contributed by atoms with E-state index >= 15 is 0 Å². The molecule has 0 saturated heterocycles. The van der Waals surface area contributed by atoms with Gasteiger partial charge in [0.05, 0.1) is 19.8 Å². The van der Waals surface area contributed by atoms with E-state index in [0.717, 1.165) is 46.3 Å². The average Bonchev–Trinajstić information content (AvgIpc) is 2.87. The van der Waals surface area contributed by atoms with Crippen LogP contribution >= 0.6 is 0 Å². The molecule has 0 fully saturated rings. The molecule has 0 aromatic heterocycles. The zero-order valence-electron chi connectivity index (χ0n) is 21.1. The van der Waals surface area contributed by atoms with Crippen LogP contribution in [0.4, 0.5) is 10.5 Å². The van der Waals surface area contributed by atoms with E-state index in [1.54, 1.807) is 19.1 Å². The van der Waals surface area contributed by atoms with Gasteiger partial charge >= 0.3 is 12.0 Å². The van der Waals surface area contributed by atoms with Crippen LogP contribution in [0.15, 0.2) is 60.7 Å². The molecule has 188 valence electrons. The fourth-order valence-electron chi connectivity index (χ4n) is 4.75. The monoisotopic (exact) mass is 488 g/mol.